The van der Waals surface area contributed by atoms with Gasteiger partial charge in [0.25, 0.3) is 0 Å². The van der Waals surface area contributed by atoms with Gasteiger partial charge in [-0.15, -0.1) is 0 Å². The fraction of sp³-hybridized carbons (Fsp3) is 0. The number of nitrogens with one attached hydrogen (secondary N) is 1. The molecule has 0 aliphatic rings. The minimum absolute atomic E-state index is 0.585. The van der Waals surface area contributed by atoms with Crippen LogP contribution in [0.1, 0.15) is 0 Å². The number of nitrogen functional groups attached to an aromatic ring is 1. The Morgan fingerprint density at radius 1 is 0.950 bits per heavy atom. The highest BCUT2D eigenvalue weighted by Crippen LogP contribution is 2.31. The van der Waals surface area contributed by atoms with E-state index in [0.717, 1.165) is 22.1 Å². The van der Waals surface area contributed by atoms with Crippen LogP contribution in [-0.4, -0.2) is 4.98 Å². The molecule has 3 rings (SSSR count). The zero-order chi connectivity index (χ0) is 14.1. The quantitative estimate of drug-likeness (QED) is 0.664. The summed E-state index contributed by atoms with van der Waals surface area (Å²) in [5.41, 5.74) is 8.40. The first-order chi connectivity index (χ1) is 9.63. The maximum atomic E-state index is 6.01. The molecule has 0 fully saturated rings. The Labute approximate surface area is 126 Å². The number of anilines is 3. The second kappa shape index (κ2) is 5.19. The molecule has 0 bridgehead atoms. The molecule has 0 aliphatic heterocycles. The van der Waals surface area contributed by atoms with Gasteiger partial charge in [-0.25, -0.2) is 0 Å². The molecule has 1 aromatic heterocycles. The van der Waals surface area contributed by atoms with E-state index >= 15 is 0 Å². The maximum absolute atomic E-state index is 6.01. The normalized spacial score (nSPS) is 10.7. The molecular weight excluding hydrogens is 293 g/mol. The molecule has 5 heteroatoms. The summed E-state index contributed by atoms with van der Waals surface area (Å²) in [7, 11) is 0. The third-order valence-electron chi connectivity index (χ3n) is 2.99. The van der Waals surface area contributed by atoms with Gasteiger partial charge in [-0.2, -0.15) is 0 Å². The molecule has 0 saturated heterocycles. The van der Waals surface area contributed by atoms with E-state index in [1.54, 1.807) is 18.5 Å². The lowest BCUT2D eigenvalue weighted by molar-refractivity contribution is 1.36. The lowest BCUT2D eigenvalue weighted by atomic mass is 10.1. The summed E-state index contributed by atoms with van der Waals surface area (Å²) in [5.74, 6) is 0. The summed E-state index contributed by atoms with van der Waals surface area (Å²) in [6.45, 7) is 0. The Hall–Kier alpha value is -1.97. The molecule has 3 aromatic rings. The van der Waals surface area contributed by atoms with Crippen LogP contribution in [0.15, 0.2) is 48.8 Å². The van der Waals surface area contributed by atoms with Crippen LogP contribution in [0, 0.1) is 0 Å². The zero-order valence-corrected chi connectivity index (χ0v) is 11.9. The highest BCUT2D eigenvalue weighted by Gasteiger charge is 2.05. The van der Waals surface area contributed by atoms with Gasteiger partial charge in [-0.05, 0) is 36.4 Å². The summed E-state index contributed by atoms with van der Waals surface area (Å²) >= 11 is 12.0. The van der Waals surface area contributed by atoms with E-state index in [4.69, 9.17) is 28.9 Å². The van der Waals surface area contributed by atoms with Gasteiger partial charge in [-0.1, -0.05) is 23.2 Å². The Balaban J connectivity index is 2.09. The zero-order valence-electron chi connectivity index (χ0n) is 10.4. The second-order valence-electron chi connectivity index (χ2n) is 4.41. The molecule has 3 N–H and O–H groups in total. The lowest BCUT2D eigenvalue weighted by Crippen LogP contribution is -1.94. The van der Waals surface area contributed by atoms with Crippen LogP contribution in [0.25, 0.3) is 10.8 Å². The van der Waals surface area contributed by atoms with Crippen molar-refractivity contribution in [3.8, 4) is 0 Å². The number of fused-ring (bicyclic) bond motifs is 1. The SMILES string of the molecule is Nc1ccc(Nc2cc(Cl)cc(Cl)c2)c2ccncc12. The standard InChI is InChI=1S/C15H11Cl2N3/c16-9-5-10(17)7-11(6-9)20-15-2-1-14(18)13-8-19-4-3-12(13)15/h1-8,20H,18H2. The van der Waals surface area contributed by atoms with E-state index in [9.17, 15) is 0 Å². The van der Waals surface area contributed by atoms with Crippen molar-refractivity contribution >= 4 is 51.0 Å². The minimum atomic E-state index is 0.585. The predicted molar refractivity (Wildman–Crippen MR) is 85.9 cm³/mol. The first-order valence-corrected chi connectivity index (χ1v) is 6.74. The Bertz CT molecular complexity index is 767. The number of halogens is 2. The molecule has 0 atom stereocenters. The van der Waals surface area contributed by atoms with E-state index in [0.29, 0.717) is 15.7 Å². The minimum Gasteiger partial charge on any atom is -0.398 e. The average molecular weight is 304 g/mol. The number of aromatic nitrogens is 1. The van der Waals surface area contributed by atoms with Crippen molar-refractivity contribution in [2.45, 2.75) is 0 Å². The number of nitrogens with two attached hydrogens (primary N) is 1. The Morgan fingerprint density at radius 2 is 1.70 bits per heavy atom. The van der Waals surface area contributed by atoms with Crippen molar-refractivity contribution in [1.82, 2.24) is 4.98 Å². The van der Waals surface area contributed by atoms with E-state index in [1.165, 1.54) is 0 Å². The van der Waals surface area contributed by atoms with E-state index < -0.39 is 0 Å². The Morgan fingerprint density at radius 3 is 2.45 bits per heavy atom. The summed E-state index contributed by atoms with van der Waals surface area (Å²) < 4.78 is 0. The monoisotopic (exact) mass is 303 g/mol. The fourth-order valence-electron chi connectivity index (χ4n) is 2.10. The molecule has 1 heterocycles. The van der Waals surface area contributed by atoms with Crippen molar-refractivity contribution < 1.29 is 0 Å². The van der Waals surface area contributed by atoms with Crippen LogP contribution < -0.4 is 11.1 Å². The van der Waals surface area contributed by atoms with Crippen molar-refractivity contribution in [2.24, 2.45) is 0 Å². The van der Waals surface area contributed by atoms with Gasteiger partial charge in [0, 0.05) is 50.3 Å². The first-order valence-electron chi connectivity index (χ1n) is 5.99. The molecule has 20 heavy (non-hydrogen) atoms. The number of nitrogens with zero attached hydrogens (tertiary/aromatic N) is 1. The second-order valence-corrected chi connectivity index (χ2v) is 5.28. The fourth-order valence-corrected chi connectivity index (χ4v) is 2.63. The van der Waals surface area contributed by atoms with Crippen LogP contribution in [0.4, 0.5) is 17.1 Å². The van der Waals surface area contributed by atoms with Crippen LogP contribution >= 0.6 is 23.2 Å². The summed E-state index contributed by atoms with van der Waals surface area (Å²) in [6.07, 6.45) is 3.48. The summed E-state index contributed by atoms with van der Waals surface area (Å²) in [5, 5.41) is 6.38. The van der Waals surface area contributed by atoms with Gasteiger partial charge in [0.2, 0.25) is 0 Å². The van der Waals surface area contributed by atoms with E-state index in [1.807, 2.05) is 30.3 Å². The highest BCUT2D eigenvalue weighted by atomic mass is 35.5. The van der Waals surface area contributed by atoms with Gasteiger partial charge in [0.05, 0.1) is 0 Å². The molecule has 0 unspecified atom stereocenters. The van der Waals surface area contributed by atoms with Crippen LogP contribution in [0.2, 0.25) is 10.0 Å². The lowest BCUT2D eigenvalue weighted by Gasteiger charge is -2.11. The molecule has 2 aromatic carbocycles. The molecule has 0 amide bonds. The summed E-state index contributed by atoms with van der Waals surface area (Å²) in [6, 6.07) is 11.0. The van der Waals surface area contributed by atoms with Crippen LogP contribution in [0.5, 0.6) is 0 Å². The van der Waals surface area contributed by atoms with Gasteiger partial charge in [-0.3, -0.25) is 4.98 Å². The molecule has 3 nitrogen and oxygen atoms in total. The first kappa shape index (κ1) is 13.0. The third-order valence-corrected chi connectivity index (χ3v) is 3.43. The average Bonchev–Trinajstić information content (AvgIpc) is 2.41. The Kier molecular flexibility index (Phi) is 3.38. The third kappa shape index (κ3) is 2.50. The van der Waals surface area contributed by atoms with Crippen molar-refractivity contribution in [2.75, 3.05) is 11.1 Å². The molecule has 0 spiro atoms. The van der Waals surface area contributed by atoms with Crippen molar-refractivity contribution in [3.05, 3.63) is 58.8 Å². The number of benzene rings is 2. The highest BCUT2D eigenvalue weighted by molar-refractivity contribution is 6.35. The van der Waals surface area contributed by atoms with E-state index in [-0.39, 0.29) is 0 Å². The topological polar surface area (TPSA) is 50.9 Å². The van der Waals surface area contributed by atoms with Gasteiger partial charge in [0.1, 0.15) is 0 Å². The molecule has 0 saturated carbocycles. The number of hydrogen-bond acceptors (Lipinski definition) is 3. The van der Waals surface area contributed by atoms with Gasteiger partial charge in [0.15, 0.2) is 0 Å². The van der Waals surface area contributed by atoms with Crippen LogP contribution in [0.3, 0.4) is 0 Å². The number of rotatable bonds is 2. The van der Waals surface area contributed by atoms with E-state index in [2.05, 4.69) is 10.3 Å². The molecule has 100 valence electrons. The predicted octanol–water partition coefficient (Wildman–Crippen LogP) is 4.87. The summed E-state index contributed by atoms with van der Waals surface area (Å²) in [4.78, 5) is 4.10. The maximum Gasteiger partial charge on any atom is 0.0466 e. The van der Waals surface area contributed by atoms with Crippen LogP contribution in [-0.2, 0) is 0 Å². The molecule has 0 radical (unpaired) electrons. The molecular formula is C15H11Cl2N3. The number of pyridine rings is 1. The van der Waals surface area contributed by atoms with Gasteiger partial charge < -0.3 is 11.1 Å². The van der Waals surface area contributed by atoms with Crippen molar-refractivity contribution in [1.29, 1.82) is 0 Å². The van der Waals surface area contributed by atoms with Gasteiger partial charge >= 0.3 is 0 Å². The molecule has 0 aliphatic carbocycles. The van der Waals surface area contributed by atoms with Crippen molar-refractivity contribution in [3.63, 3.8) is 0 Å². The smallest absolute Gasteiger partial charge is 0.0466 e. The number of hydrogen-bond donors (Lipinski definition) is 2. The largest absolute Gasteiger partial charge is 0.398 e.